The topological polar surface area (TPSA) is 87.5 Å². The summed E-state index contributed by atoms with van der Waals surface area (Å²) in [7, 11) is -3.63. The number of rotatable bonds is 11. The van der Waals surface area contributed by atoms with Gasteiger partial charge in [-0.05, 0) is 68.3 Å². The molecule has 0 aromatic heterocycles. The summed E-state index contributed by atoms with van der Waals surface area (Å²) >= 11 is 0. The zero-order chi connectivity index (χ0) is 30.0. The predicted octanol–water partition coefficient (Wildman–Crippen LogP) is 7.35. The highest BCUT2D eigenvalue weighted by Crippen LogP contribution is 2.67. The number of hydrogen-bond acceptors (Lipinski definition) is 5. The van der Waals surface area contributed by atoms with E-state index < -0.39 is 32.9 Å². The van der Waals surface area contributed by atoms with Crippen LogP contribution in [0.15, 0.2) is 43.0 Å². The molecular weight excluding hydrogens is 544 g/mol. The Kier molecular flexibility index (Phi) is 9.26. The van der Waals surface area contributed by atoms with E-state index in [1.165, 1.54) is 12.8 Å². The van der Waals surface area contributed by atoms with Crippen molar-refractivity contribution in [3.63, 3.8) is 0 Å². The van der Waals surface area contributed by atoms with Gasteiger partial charge in [-0.25, -0.2) is 8.42 Å². The summed E-state index contributed by atoms with van der Waals surface area (Å²) in [5.41, 5.74) is -1.47. The number of benzene rings is 1. The van der Waals surface area contributed by atoms with Gasteiger partial charge in [0.05, 0.1) is 11.8 Å². The number of carbonyl (C=O) groups excluding carboxylic acids is 1. The normalized spacial score (nSPS) is 29.6. The fourth-order valence-electron chi connectivity index (χ4n) is 9.12. The minimum atomic E-state index is -3.63. The van der Waals surface area contributed by atoms with E-state index in [2.05, 4.69) is 26.5 Å². The van der Waals surface area contributed by atoms with Crippen molar-refractivity contribution in [3.8, 4) is 6.07 Å². The van der Waals surface area contributed by atoms with E-state index in [0.29, 0.717) is 6.42 Å². The highest BCUT2D eigenvalue weighted by Gasteiger charge is 2.67. The first-order chi connectivity index (χ1) is 20.1. The van der Waals surface area contributed by atoms with Crippen LogP contribution in [0.4, 0.5) is 0 Å². The largest absolute Gasteiger partial charge is 0.461 e. The van der Waals surface area contributed by atoms with Crippen LogP contribution in [0.3, 0.4) is 0 Å². The van der Waals surface area contributed by atoms with Crippen molar-refractivity contribution in [1.82, 2.24) is 4.31 Å². The molecule has 0 radical (unpaired) electrons. The molecule has 6 nitrogen and oxygen atoms in total. The number of nitrogens with zero attached hydrogens (tertiary/aromatic N) is 2. The first-order valence-electron chi connectivity index (χ1n) is 16.4. The number of allylic oxidation sites excluding steroid dienone is 1. The molecule has 0 saturated heterocycles. The van der Waals surface area contributed by atoms with Crippen LogP contribution in [0.1, 0.15) is 109 Å². The number of hydrogen-bond donors (Lipinski definition) is 0. The number of ether oxygens (including phenoxy) is 1. The highest BCUT2D eigenvalue weighted by atomic mass is 32.2. The molecule has 2 bridgehead atoms. The van der Waals surface area contributed by atoms with Crippen LogP contribution in [-0.2, 0) is 26.0 Å². The molecule has 4 saturated carbocycles. The second-order valence-corrected chi connectivity index (χ2v) is 16.1. The van der Waals surface area contributed by atoms with Gasteiger partial charge in [-0.3, -0.25) is 4.79 Å². The maximum atomic E-state index is 14.7. The van der Waals surface area contributed by atoms with E-state index in [1.807, 2.05) is 34.6 Å². The van der Waals surface area contributed by atoms with Crippen LogP contribution < -0.4 is 0 Å². The van der Waals surface area contributed by atoms with E-state index in [-0.39, 0.29) is 42.0 Å². The van der Waals surface area contributed by atoms with Crippen LogP contribution in [0.2, 0.25) is 0 Å². The smallest absolute Gasteiger partial charge is 0.327 e. The molecule has 0 heterocycles. The Bertz CT molecular complexity index is 1240. The van der Waals surface area contributed by atoms with Crippen molar-refractivity contribution >= 4 is 16.0 Å². The van der Waals surface area contributed by atoms with Gasteiger partial charge in [0.15, 0.2) is 5.41 Å². The molecule has 4 aliphatic carbocycles. The molecule has 230 valence electrons. The molecule has 0 spiro atoms. The lowest BCUT2D eigenvalue weighted by Gasteiger charge is -2.46. The van der Waals surface area contributed by atoms with Gasteiger partial charge in [0, 0.05) is 23.9 Å². The van der Waals surface area contributed by atoms with Gasteiger partial charge in [0.1, 0.15) is 6.10 Å². The molecule has 5 rings (SSSR count). The van der Waals surface area contributed by atoms with Crippen LogP contribution in [0.25, 0.3) is 0 Å². The van der Waals surface area contributed by atoms with Gasteiger partial charge < -0.3 is 4.74 Å². The summed E-state index contributed by atoms with van der Waals surface area (Å²) < 4.78 is 37.8. The van der Waals surface area contributed by atoms with Crippen molar-refractivity contribution in [2.75, 3.05) is 5.75 Å². The van der Waals surface area contributed by atoms with E-state index in [1.54, 1.807) is 6.08 Å². The maximum Gasteiger partial charge on any atom is 0.327 e. The summed E-state index contributed by atoms with van der Waals surface area (Å²) in [4.78, 5) is 14.0. The van der Waals surface area contributed by atoms with Gasteiger partial charge in [-0.15, -0.1) is 6.58 Å². The zero-order valence-corrected chi connectivity index (χ0v) is 26.5. The number of nitriles is 1. The average Bonchev–Trinajstić information content (AvgIpc) is 3.33. The van der Waals surface area contributed by atoms with Crippen molar-refractivity contribution in [3.05, 3.63) is 48.6 Å². The highest BCUT2D eigenvalue weighted by molar-refractivity contribution is 7.89. The fourth-order valence-corrected chi connectivity index (χ4v) is 12.0. The van der Waals surface area contributed by atoms with Gasteiger partial charge in [0.25, 0.3) is 0 Å². The molecule has 0 N–H and O–H groups in total. The fraction of sp³-hybridized carbons (Fsp3) is 0.714. The molecular formula is C35H50N2O4S. The predicted molar refractivity (Wildman–Crippen MR) is 166 cm³/mol. The Balaban J connectivity index is 1.45. The Hall–Kier alpha value is -2.17. The Morgan fingerprint density at radius 3 is 2.17 bits per heavy atom. The molecule has 4 fully saturated rings. The minimum absolute atomic E-state index is 0.0220. The molecule has 0 aliphatic heterocycles. The minimum Gasteiger partial charge on any atom is -0.461 e. The lowest BCUT2D eigenvalue weighted by Crippen LogP contribution is -2.55. The SMILES string of the molecule is C=CC[C@](C#N)(Cc1ccccc1)C(=O)O[C@@H]1C[C@H]2CC[C@]1(CS(=O)(=O)N(C1CCCCC1)C1CCCCC1)C2(C)C. The van der Waals surface area contributed by atoms with Crippen molar-refractivity contribution in [2.24, 2.45) is 22.2 Å². The quantitative estimate of drug-likeness (QED) is 0.197. The van der Waals surface area contributed by atoms with Crippen molar-refractivity contribution < 1.29 is 17.9 Å². The van der Waals surface area contributed by atoms with Crippen LogP contribution >= 0.6 is 0 Å². The van der Waals surface area contributed by atoms with Crippen LogP contribution in [0, 0.1) is 33.5 Å². The summed E-state index contributed by atoms with van der Waals surface area (Å²) in [5.74, 6) is -0.239. The van der Waals surface area contributed by atoms with Gasteiger partial charge in [-0.1, -0.05) is 88.8 Å². The van der Waals surface area contributed by atoms with Crippen molar-refractivity contribution in [2.45, 2.75) is 128 Å². The van der Waals surface area contributed by atoms with E-state index >= 15 is 0 Å². The molecule has 0 unspecified atom stereocenters. The van der Waals surface area contributed by atoms with Crippen LogP contribution in [0.5, 0.6) is 0 Å². The maximum absolute atomic E-state index is 14.7. The molecule has 4 aliphatic rings. The van der Waals surface area contributed by atoms with Gasteiger partial charge >= 0.3 is 5.97 Å². The van der Waals surface area contributed by atoms with E-state index in [4.69, 9.17) is 4.74 Å². The molecule has 7 heteroatoms. The first-order valence-corrected chi connectivity index (χ1v) is 18.0. The number of esters is 1. The molecule has 1 aromatic rings. The summed E-state index contributed by atoms with van der Waals surface area (Å²) in [6, 6.07) is 12.0. The lowest BCUT2D eigenvalue weighted by atomic mass is 9.69. The monoisotopic (exact) mass is 594 g/mol. The van der Waals surface area contributed by atoms with Gasteiger partial charge in [0.2, 0.25) is 10.0 Å². The van der Waals surface area contributed by atoms with E-state index in [0.717, 1.165) is 69.8 Å². The Labute approximate surface area is 253 Å². The third-order valence-electron chi connectivity index (χ3n) is 11.7. The Morgan fingerprint density at radius 1 is 1.05 bits per heavy atom. The number of carbonyl (C=O) groups is 1. The van der Waals surface area contributed by atoms with E-state index in [9.17, 15) is 18.5 Å². The molecule has 0 amide bonds. The molecule has 42 heavy (non-hydrogen) atoms. The zero-order valence-electron chi connectivity index (χ0n) is 25.7. The standard InChI is InChI=1S/C35H50N2O4S/c1-4-21-34(25-36,24-27-14-8-5-9-15-27)32(38)41-31-23-28-20-22-35(31,33(28,2)3)26-42(39,40)37(29-16-10-6-11-17-29)30-18-12-7-13-19-30/h4-5,8-9,14-15,28-31H,1,6-7,10-13,16-24,26H2,2-3H3/t28-,31-,34-,35-/m1/s1. The van der Waals surface area contributed by atoms with Crippen LogP contribution in [-0.4, -0.2) is 42.6 Å². The van der Waals surface area contributed by atoms with Gasteiger partial charge in [-0.2, -0.15) is 9.57 Å². The average molecular weight is 595 g/mol. The number of sulfonamides is 1. The Morgan fingerprint density at radius 2 is 1.64 bits per heavy atom. The third kappa shape index (κ3) is 5.71. The molecule has 1 aromatic carbocycles. The summed E-state index contributed by atoms with van der Waals surface area (Å²) in [5, 5.41) is 10.4. The summed E-state index contributed by atoms with van der Waals surface area (Å²) in [6.45, 7) is 8.21. The molecule has 4 atom stereocenters. The number of fused-ring (bicyclic) bond motifs is 2. The van der Waals surface area contributed by atoms with Crippen molar-refractivity contribution in [1.29, 1.82) is 5.26 Å². The second kappa shape index (κ2) is 12.4. The lowest BCUT2D eigenvalue weighted by molar-refractivity contribution is -0.165. The summed E-state index contributed by atoms with van der Waals surface area (Å²) in [6.07, 6.45) is 14.3. The second-order valence-electron chi connectivity index (χ2n) is 14.3. The first kappa shape index (κ1) is 31.3. The third-order valence-corrected chi connectivity index (χ3v) is 13.8.